The lowest BCUT2D eigenvalue weighted by atomic mass is 10.0. The maximum absolute atomic E-state index is 11.5. The van der Waals surface area contributed by atoms with Crippen LogP contribution in [0.25, 0.3) is 0 Å². The predicted octanol–water partition coefficient (Wildman–Crippen LogP) is 1.71. The Balaban J connectivity index is 4.28. The van der Waals surface area contributed by atoms with Gasteiger partial charge in [-0.2, -0.15) is 0 Å². The smallest absolute Gasteiger partial charge is 0.407 e. The number of guanidine groups is 1. The fourth-order valence-electron chi connectivity index (χ4n) is 1.67. The van der Waals surface area contributed by atoms with Gasteiger partial charge in [-0.15, -0.1) is 0 Å². The highest BCUT2D eigenvalue weighted by Crippen LogP contribution is 2.04. The van der Waals surface area contributed by atoms with Crippen molar-refractivity contribution in [2.45, 2.75) is 47.1 Å². The number of aliphatic imine (C=N–C) groups is 1. The Labute approximate surface area is 122 Å². The summed E-state index contributed by atoms with van der Waals surface area (Å²) in [7, 11) is 0. The van der Waals surface area contributed by atoms with Crippen molar-refractivity contribution in [2.24, 2.45) is 22.6 Å². The standard InChI is InChI=1S/C14H30N4O2/c1-6-20-14(19)18-12(7-10(2)3)9-17-13(15)16-8-11(4)5/h10-12H,6-9H2,1-5H3,(H,18,19)(H3,15,16,17). The van der Waals surface area contributed by atoms with Crippen molar-refractivity contribution in [2.75, 3.05) is 19.7 Å². The Kier molecular flexibility index (Phi) is 9.59. The van der Waals surface area contributed by atoms with Gasteiger partial charge in [-0.25, -0.2) is 4.79 Å². The summed E-state index contributed by atoms with van der Waals surface area (Å²) in [4.78, 5) is 15.7. The van der Waals surface area contributed by atoms with Crippen molar-refractivity contribution in [1.82, 2.24) is 10.6 Å². The van der Waals surface area contributed by atoms with Crippen LogP contribution in [0.5, 0.6) is 0 Å². The van der Waals surface area contributed by atoms with Crippen molar-refractivity contribution < 1.29 is 9.53 Å². The first kappa shape index (κ1) is 18.5. The van der Waals surface area contributed by atoms with Gasteiger partial charge in [0.2, 0.25) is 0 Å². The van der Waals surface area contributed by atoms with E-state index in [9.17, 15) is 4.79 Å². The van der Waals surface area contributed by atoms with Crippen molar-refractivity contribution in [3.8, 4) is 0 Å². The summed E-state index contributed by atoms with van der Waals surface area (Å²) in [6.45, 7) is 11.8. The van der Waals surface area contributed by atoms with Crippen LogP contribution in [-0.2, 0) is 4.74 Å². The second kappa shape index (κ2) is 10.3. The molecule has 0 aromatic heterocycles. The third-order valence-corrected chi connectivity index (χ3v) is 2.51. The van der Waals surface area contributed by atoms with Crippen LogP contribution in [0.3, 0.4) is 0 Å². The second-order valence-electron chi connectivity index (χ2n) is 5.69. The van der Waals surface area contributed by atoms with Gasteiger partial charge in [0.25, 0.3) is 0 Å². The molecular weight excluding hydrogens is 256 g/mol. The first-order valence-electron chi connectivity index (χ1n) is 7.32. The summed E-state index contributed by atoms with van der Waals surface area (Å²) in [5, 5.41) is 5.88. The first-order valence-corrected chi connectivity index (χ1v) is 7.32. The summed E-state index contributed by atoms with van der Waals surface area (Å²) in [6.07, 6.45) is 0.459. The Morgan fingerprint density at radius 3 is 2.40 bits per heavy atom. The number of carbonyl (C=O) groups excluding carboxylic acids is 1. The van der Waals surface area contributed by atoms with Gasteiger partial charge >= 0.3 is 6.09 Å². The zero-order valence-electron chi connectivity index (χ0n) is 13.4. The number of carbonyl (C=O) groups is 1. The predicted molar refractivity (Wildman–Crippen MR) is 82.7 cm³/mol. The van der Waals surface area contributed by atoms with Crippen LogP contribution in [0.1, 0.15) is 41.0 Å². The molecule has 6 nitrogen and oxygen atoms in total. The lowest BCUT2D eigenvalue weighted by Crippen LogP contribution is -2.46. The molecule has 0 aromatic rings. The number of nitrogens with two attached hydrogens (primary N) is 1. The monoisotopic (exact) mass is 286 g/mol. The molecule has 1 atom stereocenters. The normalized spacial score (nSPS) is 13.4. The van der Waals surface area contributed by atoms with E-state index >= 15 is 0 Å². The highest BCUT2D eigenvalue weighted by atomic mass is 16.5. The summed E-state index contributed by atoms with van der Waals surface area (Å²) in [6, 6.07) is -0.0261. The quantitative estimate of drug-likeness (QED) is 0.468. The van der Waals surface area contributed by atoms with Gasteiger partial charge in [-0.05, 0) is 25.2 Å². The fourth-order valence-corrected chi connectivity index (χ4v) is 1.67. The lowest BCUT2D eigenvalue weighted by molar-refractivity contribution is 0.146. The number of amides is 1. The molecule has 0 heterocycles. The zero-order valence-corrected chi connectivity index (χ0v) is 13.4. The Hall–Kier alpha value is -1.46. The SMILES string of the molecule is CCOC(=O)NC(CNC(N)=NCC(C)C)CC(C)C. The van der Waals surface area contributed by atoms with Crippen LogP contribution in [-0.4, -0.2) is 37.8 Å². The minimum atomic E-state index is -0.391. The third-order valence-electron chi connectivity index (χ3n) is 2.51. The minimum absolute atomic E-state index is 0.0261. The van der Waals surface area contributed by atoms with Crippen LogP contribution in [0.15, 0.2) is 4.99 Å². The minimum Gasteiger partial charge on any atom is -0.450 e. The highest BCUT2D eigenvalue weighted by Gasteiger charge is 2.14. The van der Waals surface area contributed by atoms with Crippen LogP contribution in [0.4, 0.5) is 4.79 Å². The number of hydrogen-bond donors (Lipinski definition) is 3. The molecule has 118 valence electrons. The van der Waals surface area contributed by atoms with E-state index in [-0.39, 0.29) is 6.04 Å². The maximum atomic E-state index is 11.5. The average molecular weight is 286 g/mol. The van der Waals surface area contributed by atoms with Gasteiger partial charge in [0.1, 0.15) is 0 Å². The number of nitrogens with zero attached hydrogens (tertiary/aromatic N) is 1. The van der Waals surface area contributed by atoms with Crippen molar-refractivity contribution in [3.05, 3.63) is 0 Å². The molecule has 1 unspecified atom stereocenters. The van der Waals surface area contributed by atoms with Crippen molar-refractivity contribution in [3.63, 3.8) is 0 Å². The molecule has 0 saturated heterocycles. The average Bonchev–Trinajstić information content (AvgIpc) is 2.33. The van der Waals surface area contributed by atoms with E-state index in [2.05, 4.69) is 43.3 Å². The molecule has 0 aromatic carbocycles. The number of hydrogen-bond acceptors (Lipinski definition) is 3. The highest BCUT2D eigenvalue weighted by molar-refractivity contribution is 5.77. The molecule has 1 amide bonds. The molecule has 0 aliphatic carbocycles. The largest absolute Gasteiger partial charge is 0.450 e. The van der Waals surface area contributed by atoms with E-state index in [0.717, 1.165) is 6.42 Å². The number of ether oxygens (including phenoxy) is 1. The maximum Gasteiger partial charge on any atom is 0.407 e. The molecule has 20 heavy (non-hydrogen) atoms. The lowest BCUT2D eigenvalue weighted by Gasteiger charge is -2.21. The molecule has 0 spiro atoms. The third kappa shape index (κ3) is 10.5. The molecule has 0 rings (SSSR count). The molecule has 6 heteroatoms. The summed E-state index contributed by atoms with van der Waals surface area (Å²) in [5.41, 5.74) is 5.79. The van der Waals surface area contributed by atoms with E-state index < -0.39 is 6.09 Å². The van der Waals surface area contributed by atoms with Crippen molar-refractivity contribution in [1.29, 1.82) is 0 Å². The van der Waals surface area contributed by atoms with Gasteiger partial charge in [0.05, 0.1) is 6.61 Å². The van der Waals surface area contributed by atoms with Gasteiger partial charge in [-0.1, -0.05) is 27.7 Å². The molecule has 4 N–H and O–H groups in total. The van der Waals surface area contributed by atoms with E-state index in [0.29, 0.717) is 37.5 Å². The molecule has 0 radical (unpaired) electrons. The molecule has 0 fully saturated rings. The second-order valence-corrected chi connectivity index (χ2v) is 5.69. The van der Waals surface area contributed by atoms with Gasteiger partial charge in [-0.3, -0.25) is 4.99 Å². The molecule has 0 aliphatic heterocycles. The Morgan fingerprint density at radius 1 is 1.25 bits per heavy atom. The zero-order chi connectivity index (χ0) is 15.5. The number of alkyl carbamates (subject to hydrolysis) is 1. The molecule has 0 bridgehead atoms. The van der Waals surface area contributed by atoms with Crippen LogP contribution < -0.4 is 16.4 Å². The first-order chi connectivity index (χ1) is 9.35. The van der Waals surface area contributed by atoms with E-state index in [1.165, 1.54) is 0 Å². The molecule has 0 aliphatic rings. The van der Waals surface area contributed by atoms with E-state index in [4.69, 9.17) is 10.5 Å². The van der Waals surface area contributed by atoms with Gasteiger partial charge in [0, 0.05) is 19.1 Å². The fraction of sp³-hybridized carbons (Fsp3) is 0.857. The number of rotatable bonds is 8. The topological polar surface area (TPSA) is 88.7 Å². The Morgan fingerprint density at radius 2 is 1.90 bits per heavy atom. The summed E-state index contributed by atoms with van der Waals surface area (Å²) >= 11 is 0. The molecular formula is C14H30N4O2. The number of nitrogens with one attached hydrogen (secondary N) is 2. The Bertz CT molecular complexity index is 304. The van der Waals surface area contributed by atoms with Crippen LogP contribution in [0, 0.1) is 11.8 Å². The van der Waals surface area contributed by atoms with Crippen molar-refractivity contribution >= 4 is 12.1 Å². The van der Waals surface area contributed by atoms with E-state index in [1.807, 2.05) is 0 Å². The molecule has 0 saturated carbocycles. The van der Waals surface area contributed by atoms with E-state index in [1.54, 1.807) is 6.92 Å². The summed E-state index contributed by atoms with van der Waals surface area (Å²) < 4.78 is 4.90. The van der Waals surface area contributed by atoms with Crippen LogP contribution in [0.2, 0.25) is 0 Å². The van der Waals surface area contributed by atoms with Gasteiger partial charge in [0.15, 0.2) is 5.96 Å². The van der Waals surface area contributed by atoms with Gasteiger partial charge < -0.3 is 21.1 Å². The van der Waals surface area contributed by atoms with Crippen LogP contribution >= 0.6 is 0 Å². The summed E-state index contributed by atoms with van der Waals surface area (Å²) in [5.74, 6) is 1.36.